The number of allylic oxidation sites excluding steroid dienone is 1. The van der Waals surface area contributed by atoms with Crippen molar-refractivity contribution in [2.75, 3.05) is 26.9 Å². The van der Waals surface area contributed by atoms with Crippen LogP contribution in [0.1, 0.15) is 31.0 Å². The molecule has 1 aliphatic rings. The van der Waals surface area contributed by atoms with E-state index >= 15 is 0 Å². The number of nitrogens with one attached hydrogen (secondary N) is 3. The number of carbonyl (C=O) groups is 2. The second-order valence-electron chi connectivity index (χ2n) is 8.22. The van der Waals surface area contributed by atoms with Gasteiger partial charge in [0.05, 0.1) is 39.6 Å². The summed E-state index contributed by atoms with van der Waals surface area (Å²) < 4.78 is 23.5. The van der Waals surface area contributed by atoms with Crippen molar-refractivity contribution < 1.29 is 33.6 Å². The van der Waals surface area contributed by atoms with Crippen LogP contribution in [-0.4, -0.2) is 56.5 Å². The number of benzene rings is 2. The molecule has 0 spiro atoms. The molecule has 13 heteroatoms. The molecule has 212 valence electrons. The molecule has 3 rings (SSSR count). The van der Waals surface area contributed by atoms with Crippen molar-refractivity contribution >= 4 is 56.7 Å². The lowest BCUT2D eigenvalue weighted by atomic mass is 9.95. The van der Waals surface area contributed by atoms with Crippen LogP contribution in [0.3, 0.4) is 0 Å². The molecule has 2 atom stereocenters. The number of carbonyl (C=O) groups excluding carboxylic acids is 2. The molecule has 0 aliphatic carbocycles. The van der Waals surface area contributed by atoms with Crippen LogP contribution in [0, 0.1) is 15.9 Å². The number of amides is 2. The highest BCUT2D eigenvalue weighted by molar-refractivity contribution is 14.1. The van der Waals surface area contributed by atoms with E-state index in [4.69, 9.17) is 25.4 Å². The first-order valence-corrected chi connectivity index (χ1v) is 13.8. The van der Waals surface area contributed by atoms with E-state index in [0.29, 0.717) is 35.1 Å². The number of aliphatic hydroxyl groups is 1. The standard InChI is InChI=1S/C27H28BrIN4O7/c1-5-9-39-25-18(28)10-16(11-19(25)29)13-30-33-22(34)14-40-20-8-7-17(12-21(20)38-6-2)24-23(26(35)37-4)15(3)31-27(36)32-24/h1,7-8,10-13,22,24,33-34H,6,9,14H2,2-4H3,(H2,31,32,36)/b30-13-/t22-,24-/m0/s1. The van der Waals surface area contributed by atoms with Gasteiger partial charge in [-0.3, -0.25) is 5.43 Å². The SMILES string of the molecule is C#CCOc1c(Br)cc(/C=N\N[C@@H](O)COc2ccc([C@@H]3NC(=O)NC(C)=C3C(=O)OC)cc2OCC)cc1I. The zero-order valence-electron chi connectivity index (χ0n) is 21.9. The minimum Gasteiger partial charge on any atom is -0.490 e. The van der Waals surface area contributed by atoms with Crippen LogP contribution in [0.4, 0.5) is 4.79 Å². The summed E-state index contributed by atoms with van der Waals surface area (Å²) in [5.74, 6) is 3.23. The number of methoxy groups -OCH3 is 1. The Morgan fingerprint density at radius 3 is 2.75 bits per heavy atom. The van der Waals surface area contributed by atoms with E-state index in [0.717, 1.165) is 13.6 Å². The maximum absolute atomic E-state index is 12.4. The van der Waals surface area contributed by atoms with E-state index in [2.05, 4.69) is 65.6 Å². The first-order valence-electron chi connectivity index (χ1n) is 12.0. The van der Waals surface area contributed by atoms with Gasteiger partial charge >= 0.3 is 12.0 Å². The van der Waals surface area contributed by atoms with Gasteiger partial charge in [0.1, 0.15) is 19.0 Å². The molecule has 2 aromatic rings. The Balaban J connectivity index is 1.68. The fraction of sp³-hybridized carbons (Fsp3) is 0.296. The molecule has 0 fully saturated rings. The van der Waals surface area contributed by atoms with Gasteiger partial charge in [-0.15, -0.1) is 6.42 Å². The Morgan fingerprint density at radius 1 is 1.30 bits per heavy atom. The number of ether oxygens (including phenoxy) is 4. The fourth-order valence-corrected chi connectivity index (χ4v) is 5.49. The Morgan fingerprint density at radius 2 is 2.08 bits per heavy atom. The van der Waals surface area contributed by atoms with E-state index in [1.807, 2.05) is 19.1 Å². The number of halogens is 2. The molecule has 4 N–H and O–H groups in total. The summed E-state index contributed by atoms with van der Waals surface area (Å²) in [6.45, 7) is 3.78. The van der Waals surface area contributed by atoms with Crippen LogP contribution >= 0.6 is 38.5 Å². The molecule has 0 bridgehead atoms. The van der Waals surface area contributed by atoms with Crippen LogP contribution in [0.5, 0.6) is 17.2 Å². The largest absolute Gasteiger partial charge is 0.490 e. The van der Waals surface area contributed by atoms with E-state index in [9.17, 15) is 14.7 Å². The normalized spacial score (nSPS) is 15.5. The van der Waals surface area contributed by atoms with Gasteiger partial charge in [0.2, 0.25) is 0 Å². The molecule has 1 aliphatic heterocycles. The number of esters is 1. The molecule has 40 heavy (non-hydrogen) atoms. The number of hydrogen-bond donors (Lipinski definition) is 4. The van der Waals surface area contributed by atoms with E-state index < -0.39 is 24.3 Å². The monoisotopic (exact) mass is 726 g/mol. The summed E-state index contributed by atoms with van der Waals surface area (Å²) in [7, 11) is 1.27. The predicted molar refractivity (Wildman–Crippen MR) is 160 cm³/mol. The molecule has 0 saturated heterocycles. The van der Waals surface area contributed by atoms with Crippen molar-refractivity contribution in [2.24, 2.45) is 5.10 Å². The highest BCUT2D eigenvalue weighted by Gasteiger charge is 2.32. The third kappa shape index (κ3) is 8.03. The quantitative estimate of drug-likeness (QED) is 0.0651. The van der Waals surface area contributed by atoms with Gasteiger partial charge in [0, 0.05) is 5.70 Å². The van der Waals surface area contributed by atoms with E-state index in [1.165, 1.54) is 7.11 Å². The fourth-order valence-electron chi connectivity index (χ4n) is 3.73. The Kier molecular flexibility index (Phi) is 11.5. The molecule has 1 heterocycles. The van der Waals surface area contributed by atoms with Crippen LogP contribution in [0.2, 0.25) is 0 Å². The average molecular weight is 727 g/mol. The molecule has 0 aromatic heterocycles. The van der Waals surface area contributed by atoms with Crippen LogP contribution in [0.25, 0.3) is 0 Å². The number of nitrogens with zero attached hydrogens (tertiary/aromatic N) is 1. The summed E-state index contributed by atoms with van der Waals surface area (Å²) in [5.41, 5.74) is 4.62. The van der Waals surface area contributed by atoms with E-state index in [1.54, 1.807) is 31.3 Å². The lowest BCUT2D eigenvalue weighted by molar-refractivity contribution is -0.136. The average Bonchev–Trinajstić information content (AvgIpc) is 2.91. The van der Waals surface area contributed by atoms with Gasteiger partial charge in [-0.1, -0.05) is 12.0 Å². The highest BCUT2D eigenvalue weighted by atomic mass is 127. The number of aliphatic hydroxyl groups excluding tert-OH is 1. The van der Waals surface area contributed by atoms with E-state index in [-0.39, 0.29) is 18.8 Å². The highest BCUT2D eigenvalue weighted by Crippen LogP contribution is 2.35. The van der Waals surface area contributed by atoms with Crippen molar-refractivity contribution in [3.8, 4) is 29.6 Å². The van der Waals surface area contributed by atoms with Crippen LogP contribution in [0.15, 0.2) is 51.2 Å². The zero-order valence-corrected chi connectivity index (χ0v) is 25.7. The van der Waals surface area contributed by atoms with Crippen molar-refractivity contribution in [1.29, 1.82) is 0 Å². The second-order valence-corrected chi connectivity index (χ2v) is 10.2. The Hall–Kier alpha value is -3.48. The third-order valence-corrected chi connectivity index (χ3v) is 6.82. The van der Waals surface area contributed by atoms with Gasteiger partial charge in [0.25, 0.3) is 0 Å². The minimum atomic E-state index is -1.13. The summed E-state index contributed by atoms with van der Waals surface area (Å²) in [5, 5.41) is 19.7. The Labute approximate surface area is 253 Å². The van der Waals surface area contributed by atoms with Crippen molar-refractivity contribution in [3.63, 3.8) is 0 Å². The van der Waals surface area contributed by atoms with Gasteiger partial charge in [0.15, 0.2) is 17.7 Å². The summed E-state index contributed by atoms with van der Waals surface area (Å²) >= 11 is 5.59. The molecular formula is C27H28BrIN4O7. The van der Waals surface area contributed by atoms with Gasteiger partial charge < -0.3 is 34.7 Å². The molecule has 2 aromatic carbocycles. The van der Waals surface area contributed by atoms with Gasteiger partial charge in [-0.2, -0.15) is 5.10 Å². The molecule has 0 radical (unpaired) electrons. The van der Waals surface area contributed by atoms with Crippen LogP contribution < -0.4 is 30.3 Å². The molecule has 11 nitrogen and oxygen atoms in total. The lowest BCUT2D eigenvalue weighted by Crippen LogP contribution is -2.45. The van der Waals surface area contributed by atoms with Crippen molar-refractivity contribution in [3.05, 3.63) is 60.8 Å². The maximum Gasteiger partial charge on any atom is 0.337 e. The number of urea groups is 1. The topological polar surface area (TPSA) is 140 Å². The third-order valence-electron chi connectivity index (χ3n) is 5.43. The van der Waals surface area contributed by atoms with Crippen LogP contribution in [-0.2, 0) is 9.53 Å². The number of terminal acetylenes is 1. The maximum atomic E-state index is 12.4. The predicted octanol–water partition coefficient (Wildman–Crippen LogP) is 3.59. The summed E-state index contributed by atoms with van der Waals surface area (Å²) in [6.07, 6.45) is 5.67. The number of hydrogen-bond acceptors (Lipinski definition) is 9. The Bertz CT molecular complexity index is 1340. The van der Waals surface area contributed by atoms with Gasteiger partial charge in [-0.25, -0.2) is 9.59 Å². The lowest BCUT2D eigenvalue weighted by Gasteiger charge is -2.28. The van der Waals surface area contributed by atoms with Crippen molar-refractivity contribution in [2.45, 2.75) is 26.1 Å². The van der Waals surface area contributed by atoms with Gasteiger partial charge in [-0.05, 0) is 87.8 Å². The zero-order chi connectivity index (χ0) is 29.2. The number of rotatable bonds is 12. The smallest absolute Gasteiger partial charge is 0.337 e. The number of hydrazone groups is 1. The first kappa shape index (κ1) is 31.1. The van der Waals surface area contributed by atoms with Crippen molar-refractivity contribution in [1.82, 2.24) is 16.1 Å². The molecule has 2 amide bonds. The molecular weight excluding hydrogens is 699 g/mol. The minimum absolute atomic E-state index is 0.145. The first-order chi connectivity index (χ1) is 19.2. The molecule has 0 saturated carbocycles. The molecule has 0 unspecified atom stereocenters. The second kappa shape index (κ2) is 14.8. The summed E-state index contributed by atoms with van der Waals surface area (Å²) in [4.78, 5) is 24.5. The summed E-state index contributed by atoms with van der Waals surface area (Å²) in [6, 6.07) is 7.46.